The van der Waals surface area contributed by atoms with Gasteiger partial charge >= 0.3 is 0 Å². The first-order chi connectivity index (χ1) is 13.1. The highest BCUT2D eigenvalue weighted by Crippen LogP contribution is 2.23. The van der Waals surface area contributed by atoms with E-state index in [2.05, 4.69) is 52.7 Å². The summed E-state index contributed by atoms with van der Waals surface area (Å²) >= 11 is 1.90. The van der Waals surface area contributed by atoms with E-state index in [1.54, 1.807) is 4.88 Å². The van der Waals surface area contributed by atoms with Gasteiger partial charge < -0.3 is 15.4 Å². The Morgan fingerprint density at radius 1 is 1.25 bits per heavy atom. The van der Waals surface area contributed by atoms with E-state index in [1.807, 2.05) is 11.3 Å². The Morgan fingerprint density at radius 3 is 2.79 bits per heavy atom. The molecule has 160 valence electrons. The number of morpholine rings is 1. The third kappa shape index (κ3) is 6.83. The van der Waals surface area contributed by atoms with Crippen molar-refractivity contribution in [2.24, 2.45) is 4.99 Å². The normalized spacial score (nSPS) is 19.0. The number of hydrogen-bond donors (Lipinski definition) is 2. The minimum atomic E-state index is 0. The Kier molecular flexibility index (Phi) is 9.96. The number of halogens is 1. The highest BCUT2D eigenvalue weighted by Gasteiger charge is 2.28. The van der Waals surface area contributed by atoms with Crippen LogP contribution in [0.25, 0.3) is 0 Å². The Labute approximate surface area is 191 Å². The van der Waals surface area contributed by atoms with Crippen LogP contribution in [0.3, 0.4) is 0 Å². The van der Waals surface area contributed by atoms with E-state index in [0.29, 0.717) is 0 Å². The lowest BCUT2D eigenvalue weighted by molar-refractivity contribution is -0.00683. The summed E-state index contributed by atoms with van der Waals surface area (Å²) in [7, 11) is 0. The van der Waals surface area contributed by atoms with Crippen molar-refractivity contribution in [3.63, 3.8) is 0 Å². The van der Waals surface area contributed by atoms with Gasteiger partial charge in [0.25, 0.3) is 0 Å². The largest absolute Gasteiger partial charge is 0.379 e. The van der Waals surface area contributed by atoms with Crippen LogP contribution in [0.15, 0.2) is 16.4 Å². The number of aliphatic imine (C=N–C) groups is 1. The predicted octanol–water partition coefficient (Wildman–Crippen LogP) is 2.39. The summed E-state index contributed by atoms with van der Waals surface area (Å²) in [5.74, 6) is 0.923. The van der Waals surface area contributed by atoms with Crippen LogP contribution >= 0.6 is 35.3 Å². The zero-order valence-corrected chi connectivity index (χ0v) is 20.6. The number of nitrogens with one attached hydrogen (secondary N) is 2. The van der Waals surface area contributed by atoms with Gasteiger partial charge in [-0.3, -0.25) is 14.8 Å². The summed E-state index contributed by atoms with van der Waals surface area (Å²) in [4.78, 5) is 11.4. The maximum atomic E-state index is 5.48. The predicted molar refractivity (Wildman–Crippen MR) is 129 cm³/mol. The summed E-state index contributed by atoms with van der Waals surface area (Å²) < 4.78 is 5.48. The third-order valence-corrected chi connectivity index (χ3v) is 6.47. The number of ether oxygens (including phenoxy) is 1. The Morgan fingerprint density at radius 2 is 2.04 bits per heavy atom. The molecule has 2 aliphatic heterocycles. The van der Waals surface area contributed by atoms with Crippen molar-refractivity contribution in [2.75, 3.05) is 59.0 Å². The number of nitrogens with zero attached hydrogens (tertiary/aromatic N) is 3. The molecule has 6 nitrogen and oxygen atoms in total. The summed E-state index contributed by atoms with van der Waals surface area (Å²) in [5, 5.41) is 9.12. The fourth-order valence-corrected chi connectivity index (χ4v) is 4.60. The Balaban J connectivity index is 0.00000280. The summed E-state index contributed by atoms with van der Waals surface area (Å²) in [5.41, 5.74) is 1.56. The van der Waals surface area contributed by atoms with E-state index < -0.39 is 0 Å². The lowest BCUT2D eigenvalue weighted by Crippen LogP contribution is -2.52. The second kappa shape index (κ2) is 11.7. The van der Waals surface area contributed by atoms with E-state index in [-0.39, 0.29) is 29.5 Å². The zero-order chi connectivity index (χ0) is 19.1. The van der Waals surface area contributed by atoms with Crippen molar-refractivity contribution in [3.8, 4) is 0 Å². The summed E-state index contributed by atoms with van der Waals surface area (Å²) in [6.45, 7) is 16.2. The van der Waals surface area contributed by atoms with Crippen molar-refractivity contribution in [3.05, 3.63) is 21.9 Å². The molecule has 0 spiro atoms. The fourth-order valence-electron chi connectivity index (χ4n) is 3.71. The van der Waals surface area contributed by atoms with Crippen LogP contribution in [0.1, 0.15) is 31.2 Å². The van der Waals surface area contributed by atoms with Crippen molar-refractivity contribution in [1.29, 1.82) is 0 Å². The highest BCUT2D eigenvalue weighted by molar-refractivity contribution is 14.0. The minimum Gasteiger partial charge on any atom is -0.379 e. The number of rotatable bonds is 7. The molecule has 0 unspecified atom stereocenters. The van der Waals surface area contributed by atoms with Crippen molar-refractivity contribution in [2.45, 2.75) is 39.3 Å². The molecule has 1 fully saturated rings. The van der Waals surface area contributed by atoms with Gasteiger partial charge in [0.15, 0.2) is 5.96 Å². The molecule has 0 radical (unpaired) electrons. The van der Waals surface area contributed by atoms with E-state index in [9.17, 15) is 0 Å². The van der Waals surface area contributed by atoms with Gasteiger partial charge in [-0.05, 0) is 44.2 Å². The molecule has 3 rings (SSSR count). The van der Waals surface area contributed by atoms with Crippen LogP contribution < -0.4 is 10.6 Å². The first-order valence-corrected chi connectivity index (χ1v) is 11.1. The number of hydrogen-bond acceptors (Lipinski definition) is 5. The lowest BCUT2D eigenvalue weighted by atomic mass is 10.0. The van der Waals surface area contributed by atoms with Crippen molar-refractivity contribution < 1.29 is 4.74 Å². The third-order valence-electron chi connectivity index (χ3n) is 5.44. The lowest BCUT2D eigenvalue weighted by Gasteiger charge is -2.40. The van der Waals surface area contributed by atoms with Gasteiger partial charge in [0, 0.05) is 56.2 Å². The molecule has 0 saturated carbocycles. The molecule has 2 aliphatic rings. The Bertz CT molecular complexity index is 615. The molecule has 0 aliphatic carbocycles. The van der Waals surface area contributed by atoms with Crippen LogP contribution in [0, 0.1) is 0 Å². The smallest absolute Gasteiger partial charge is 0.191 e. The van der Waals surface area contributed by atoms with Crippen LogP contribution in [0.2, 0.25) is 0 Å². The van der Waals surface area contributed by atoms with Crippen LogP contribution in [-0.4, -0.2) is 80.3 Å². The van der Waals surface area contributed by atoms with E-state index in [1.165, 1.54) is 12.0 Å². The molecule has 8 heteroatoms. The standard InChI is InChI=1S/C20H35N5OS.HI/c1-4-21-19(23-16-20(2,3)25-10-12-26-13-11-25)22-7-9-24-8-5-18-17(15-24)6-14-27-18;/h6,14H,4-5,7-13,15-16H2,1-3H3,(H2,21,22,23);1H. The molecule has 2 N–H and O–H groups in total. The minimum absolute atomic E-state index is 0. The SMILES string of the molecule is CCNC(=NCC(C)(C)N1CCOCC1)NCCN1CCc2sccc2C1.I. The van der Waals surface area contributed by atoms with Crippen LogP contribution in [-0.2, 0) is 17.7 Å². The first-order valence-electron chi connectivity index (χ1n) is 10.2. The number of thiophene rings is 1. The molecule has 3 heterocycles. The van der Waals surface area contributed by atoms with Gasteiger partial charge in [-0.1, -0.05) is 0 Å². The average Bonchev–Trinajstić information content (AvgIpc) is 3.15. The van der Waals surface area contributed by atoms with Crippen LogP contribution in [0.5, 0.6) is 0 Å². The fraction of sp³-hybridized carbons (Fsp3) is 0.750. The molecule has 0 bridgehead atoms. The van der Waals surface area contributed by atoms with E-state index in [0.717, 1.165) is 71.5 Å². The average molecular weight is 522 g/mol. The second-order valence-corrected chi connectivity index (χ2v) is 8.93. The highest BCUT2D eigenvalue weighted by atomic mass is 127. The van der Waals surface area contributed by atoms with Gasteiger partial charge in [-0.25, -0.2) is 0 Å². The Hall–Kier alpha value is -0.420. The molecule has 1 saturated heterocycles. The van der Waals surface area contributed by atoms with Gasteiger partial charge in [-0.2, -0.15) is 0 Å². The maximum Gasteiger partial charge on any atom is 0.191 e. The molecule has 1 aromatic heterocycles. The topological polar surface area (TPSA) is 52.1 Å². The zero-order valence-electron chi connectivity index (χ0n) is 17.5. The van der Waals surface area contributed by atoms with Gasteiger partial charge in [0.05, 0.1) is 19.8 Å². The monoisotopic (exact) mass is 521 g/mol. The van der Waals surface area contributed by atoms with E-state index in [4.69, 9.17) is 9.73 Å². The molecule has 0 atom stereocenters. The molecule has 1 aromatic rings. The van der Waals surface area contributed by atoms with Crippen LogP contribution in [0.4, 0.5) is 0 Å². The molecular formula is C20H36IN5OS. The van der Waals surface area contributed by atoms with Gasteiger partial charge in [-0.15, -0.1) is 35.3 Å². The second-order valence-electron chi connectivity index (χ2n) is 7.93. The molecular weight excluding hydrogens is 485 g/mol. The molecule has 28 heavy (non-hydrogen) atoms. The molecule has 0 amide bonds. The van der Waals surface area contributed by atoms with Gasteiger partial charge in [0.2, 0.25) is 0 Å². The van der Waals surface area contributed by atoms with E-state index >= 15 is 0 Å². The number of guanidine groups is 1. The van der Waals surface area contributed by atoms with Crippen molar-refractivity contribution >= 4 is 41.3 Å². The molecule has 0 aromatic carbocycles. The summed E-state index contributed by atoms with van der Waals surface area (Å²) in [6.07, 6.45) is 1.19. The van der Waals surface area contributed by atoms with Crippen molar-refractivity contribution in [1.82, 2.24) is 20.4 Å². The summed E-state index contributed by atoms with van der Waals surface area (Å²) in [6, 6.07) is 2.28. The number of fused-ring (bicyclic) bond motifs is 1. The first kappa shape index (κ1) is 23.9. The van der Waals surface area contributed by atoms with Gasteiger partial charge in [0.1, 0.15) is 0 Å². The quantitative estimate of drug-likeness (QED) is 0.328. The maximum absolute atomic E-state index is 5.48.